The summed E-state index contributed by atoms with van der Waals surface area (Å²) < 4.78 is 0. The van der Waals surface area contributed by atoms with Crippen molar-refractivity contribution in [3.8, 4) is 0 Å². The van der Waals surface area contributed by atoms with Crippen molar-refractivity contribution in [1.82, 2.24) is 5.32 Å². The van der Waals surface area contributed by atoms with Crippen molar-refractivity contribution in [3.63, 3.8) is 0 Å². The van der Waals surface area contributed by atoms with Crippen molar-refractivity contribution in [3.05, 3.63) is 0 Å². The van der Waals surface area contributed by atoms with Crippen LogP contribution in [0.15, 0.2) is 0 Å². The minimum absolute atomic E-state index is 0.463. The Bertz CT molecular complexity index is 51.7. The van der Waals surface area contributed by atoms with Crippen LogP contribution in [0.1, 0.15) is 0 Å². The molecule has 7 heavy (non-hydrogen) atoms. The zero-order valence-corrected chi connectivity index (χ0v) is 4.95. The molecule has 1 atom stereocenters. The molecule has 0 aromatic carbocycles. The SMILES string of the molecule is NCC1CSC[N]1. The molecule has 1 radical (unpaired) electrons. The molecule has 1 fully saturated rings. The van der Waals surface area contributed by atoms with E-state index in [1.54, 1.807) is 0 Å². The monoisotopic (exact) mass is 117 g/mol. The first-order valence-corrected chi connectivity index (χ1v) is 3.53. The molecule has 0 amide bonds. The van der Waals surface area contributed by atoms with Gasteiger partial charge < -0.3 is 5.73 Å². The number of hydrogen-bond acceptors (Lipinski definition) is 2. The summed E-state index contributed by atoms with van der Waals surface area (Å²) in [7, 11) is 0. The van der Waals surface area contributed by atoms with E-state index in [1.165, 1.54) is 0 Å². The van der Waals surface area contributed by atoms with Crippen LogP contribution in [-0.2, 0) is 0 Å². The summed E-state index contributed by atoms with van der Waals surface area (Å²) in [6.07, 6.45) is 0. The van der Waals surface area contributed by atoms with Crippen molar-refractivity contribution < 1.29 is 0 Å². The molecule has 0 spiro atoms. The molecule has 1 aliphatic heterocycles. The van der Waals surface area contributed by atoms with Crippen molar-refractivity contribution in [2.75, 3.05) is 18.2 Å². The van der Waals surface area contributed by atoms with Crippen LogP contribution in [0.25, 0.3) is 0 Å². The maximum Gasteiger partial charge on any atom is 0.0594 e. The van der Waals surface area contributed by atoms with E-state index in [2.05, 4.69) is 5.32 Å². The topological polar surface area (TPSA) is 40.1 Å². The highest BCUT2D eigenvalue weighted by atomic mass is 32.2. The first-order valence-electron chi connectivity index (χ1n) is 2.38. The fourth-order valence-corrected chi connectivity index (χ4v) is 1.48. The summed E-state index contributed by atoms with van der Waals surface area (Å²) >= 11 is 1.86. The Balaban J connectivity index is 2.14. The van der Waals surface area contributed by atoms with Gasteiger partial charge in [-0.15, -0.1) is 11.8 Å². The molecular weight excluding hydrogens is 108 g/mol. The Labute approximate surface area is 47.8 Å². The van der Waals surface area contributed by atoms with Gasteiger partial charge in [0.1, 0.15) is 0 Å². The Morgan fingerprint density at radius 2 is 2.71 bits per heavy atom. The van der Waals surface area contributed by atoms with E-state index in [1.807, 2.05) is 11.8 Å². The van der Waals surface area contributed by atoms with Gasteiger partial charge in [-0.3, -0.25) is 0 Å². The Morgan fingerprint density at radius 1 is 1.86 bits per heavy atom. The molecule has 0 aromatic heterocycles. The highest BCUT2D eigenvalue weighted by Crippen LogP contribution is 2.09. The summed E-state index contributed by atoms with van der Waals surface area (Å²) in [4.78, 5) is 0. The number of nitrogens with two attached hydrogens (primary N) is 1. The highest BCUT2D eigenvalue weighted by Gasteiger charge is 2.12. The van der Waals surface area contributed by atoms with Gasteiger partial charge in [0.2, 0.25) is 0 Å². The van der Waals surface area contributed by atoms with E-state index in [9.17, 15) is 0 Å². The molecule has 1 unspecified atom stereocenters. The smallest absolute Gasteiger partial charge is 0.0594 e. The summed E-state index contributed by atoms with van der Waals surface area (Å²) in [5, 5.41) is 4.19. The number of thioether (sulfide) groups is 1. The molecule has 1 rings (SSSR count). The van der Waals surface area contributed by atoms with E-state index in [-0.39, 0.29) is 0 Å². The average molecular weight is 117 g/mol. The molecular formula is C4H9N2S. The molecule has 1 saturated heterocycles. The fourth-order valence-electron chi connectivity index (χ4n) is 0.542. The summed E-state index contributed by atoms with van der Waals surface area (Å²) in [6, 6.07) is 0.463. The van der Waals surface area contributed by atoms with Gasteiger partial charge in [0, 0.05) is 18.3 Å². The van der Waals surface area contributed by atoms with E-state index in [4.69, 9.17) is 5.73 Å². The lowest BCUT2D eigenvalue weighted by atomic mass is 10.4. The van der Waals surface area contributed by atoms with Crippen molar-refractivity contribution >= 4 is 11.8 Å². The molecule has 0 aliphatic carbocycles. The molecule has 0 bridgehead atoms. The van der Waals surface area contributed by atoms with Gasteiger partial charge in [-0.2, -0.15) is 0 Å². The Morgan fingerprint density at radius 3 is 3.00 bits per heavy atom. The predicted molar refractivity (Wildman–Crippen MR) is 32.3 cm³/mol. The second kappa shape index (κ2) is 2.55. The van der Waals surface area contributed by atoms with Gasteiger partial charge in [-0.05, 0) is 0 Å². The van der Waals surface area contributed by atoms with Gasteiger partial charge in [0.25, 0.3) is 0 Å². The zero-order valence-electron chi connectivity index (χ0n) is 4.13. The standard InChI is InChI=1S/C4H9N2S/c5-1-4-2-7-3-6-4/h4H,1-3,5H2. The van der Waals surface area contributed by atoms with Crippen LogP contribution < -0.4 is 11.1 Å². The molecule has 1 aliphatic rings. The van der Waals surface area contributed by atoms with E-state index in [0.29, 0.717) is 6.04 Å². The lowest BCUT2D eigenvalue weighted by Crippen LogP contribution is -2.26. The van der Waals surface area contributed by atoms with Crippen LogP contribution in [0.5, 0.6) is 0 Å². The van der Waals surface area contributed by atoms with E-state index >= 15 is 0 Å². The fraction of sp³-hybridized carbons (Fsp3) is 1.00. The van der Waals surface area contributed by atoms with Gasteiger partial charge >= 0.3 is 0 Å². The normalized spacial score (nSPS) is 31.3. The quantitative estimate of drug-likeness (QED) is 0.508. The highest BCUT2D eigenvalue weighted by molar-refractivity contribution is 7.99. The lowest BCUT2D eigenvalue weighted by molar-refractivity contribution is 0.631. The van der Waals surface area contributed by atoms with Crippen molar-refractivity contribution in [2.45, 2.75) is 6.04 Å². The Kier molecular flexibility index (Phi) is 1.97. The van der Waals surface area contributed by atoms with Crippen LogP contribution >= 0.6 is 11.8 Å². The van der Waals surface area contributed by atoms with E-state index in [0.717, 1.165) is 18.2 Å². The van der Waals surface area contributed by atoms with Gasteiger partial charge in [0.15, 0.2) is 0 Å². The van der Waals surface area contributed by atoms with Crippen molar-refractivity contribution in [1.29, 1.82) is 0 Å². The molecule has 2 nitrogen and oxygen atoms in total. The first-order chi connectivity index (χ1) is 3.43. The molecule has 1 heterocycles. The minimum atomic E-state index is 0.463. The Hall–Kier alpha value is 0.270. The maximum absolute atomic E-state index is 5.33. The molecule has 41 valence electrons. The van der Waals surface area contributed by atoms with Gasteiger partial charge in [0.05, 0.1) is 5.88 Å². The summed E-state index contributed by atoms with van der Waals surface area (Å²) in [6.45, 7) is 0.729. The van der Waals surface area contributed by atoms with Gasteiger partial charge in [-0.1, -0.05) is 0 Å². The van der Waals surface area contributed by atoms with Crippen LogP contribution in [0.2, 0.25) is 0 Å². The minimum Gasteiger partial charge on any atom is -0.329 e. The first kappa shape index (κ1) is 5.41. The predicted octanol–water partition coefficient (Wildman–Crippen LogP) is -0.378. The van der Waals surface area contributed by atoms with Crippen LogP contribution in [-0.4, -0.2) is 24.2 Å². The maximum atomic E-state index is 5.33. The van der Waals surface area contributed by atoms with Crippen LogP contribution in [0.3, 0.4) is 0 Å². The third-order valence-electron chi connectivity index (χ3n) is 1.01. The van der Waals surface area contributed by atoms with Crippen LogP contribution in [0, 0.1) is 0 Å². The number of nitrogens with zero attached hydrogens (tertiary/aromatic N) is 1. The largest absolute Gasteiger partial charge is 0.329 e. The van der Waals surface area contributed by atoms with Crippen molar-refractivity contribution in [2.24, 2.45) is 5.73 Å². The van der Waals surface area contributed by atoms with Gasteiger partial charge in [-0.25, -0.2) is 5.32 Å². The number of rotatable bonds is 1. The molecule has 0 saturated carbocycles. The van der Waals surface area contributed by atoms with E-state index < -0.39 is 0 Å². The van der Waals surface area contributed by atoms with Crippen LogP contribution in [0.4, 0.5) is 0 Å². The second-order valence-corrected chi connectivity index (χ2v) is 2.57. The second-order valence-electron chi connectivity index (χ2n) is 1.57. The summed E-state index contributed by atoms with van der Waals surface area (Å²) in [5.41, 5.74) is 5.33. The summed E-state index contributed by atoms with van der Waals surface area (Å²) in [5.74, 6) is 2.10. The molecule has 0 aromatic rings. The molecule has 2 N–H and O–H groups in total. The average Bonchev–Trinajstić information content (AvgIpc) is 2.14. The molecule has 3 heteroatoms. The number of hydrogen-bond donors (Lipinski definition) is 1. The lowest BCUT2D eigenvalue weighted by Gasteiger charge is -1.98. The third kappa shape index (κ3) is 1.33. The zero-order chi connectivity index (χ0) is 5.11. The third-order valence-corrected chi connectivity index (χ3v) is 1.96.